The lowest BCUT2D eigenvalue weighted by Crippen LogP contribution is -2.40. The summed E-state index contributed by atoms with van der Waals surface area (Å²) in [7, 11) is 0. The second kappa shape index (κ2) is 3.46. The molecule has 1 fully saturated rings. The fraction of sp³-hybridized carbons (Fsp3) is 1.00. The van der Waals surface area contributed by atoms with Crippen LogP contribution in [0.4, 0.5) is 0 Å². The van der Waals surface area contributed by atoms with Gasteiger partial charge in [-0.1, -0.05) is 0 Å². The van der Waals surface area contributed by atoms with Crippen LogP contribution in [-0.2, 0) is 4.74 Å². The van der Waals surface area contributed by atoms with Gasteiger partial charge in [-0.05, 0) is 0 Å². The molecule has 0 spiro atoms. The summed E-state index contributed by atoms with van der Waals surface area (Å²) >= 11 is 0. The maximum Gasteiger partial charge on any atom is 0.114 e. The van der Waals surface area contributed by atoms with Gasteiger partial charge in [0.1, 0.15) is 24.4 Å². The number of aliphatic hydroxyl groups is 4. The zero-order valence-corrected chi connectivity index (χ0v) is 5.92. The van der Waals surface area contributed by atoms with Gasteiger partial charge in [-0.3, -0.25) is 0 Å². The van der Waals surface area contributed by atoms with Gasteiger partial charge in [0.25, 0.3) is 0 Å². The van der Waals surface area contributed by atoms with E-state index in [0.717, 1.165) is 0 Å². The smallest absolute Gasteiger partial charge is 0.114 e. The van der Waals surface area contributed by atoms with Gasteiger partial charge in [0.15, 0.2) is 0 Å². The van der Waals surface area contributed by atoms with Gasteiger partial charge >= 0.3 is 0 Å². The Bertz CT molecular complexity index is 128. The predicted molar refractivity (Wildman–Crippen MR) is 34.8 cm³/mol. The summed E-state index contributed by atoms with van der Waals surface area (Å²) in [5, 5.41) is 35.5. The lowest BCUT2D eigenvalue weighted by atomic mass is 10.1. The third kappa shape index (κ3) is 1.69. The Morgan fingerprint density at radius 2 is 2.09 bits per heavy atom. The number of rotatable bonds is 2. The van der Waals surface area contributed by atoms with E-state index in [9.17, 15) is 0 Å². The van der Waals surface area contributed by atoms with Crippen LogP contribution in [0, 0.1) is 0 Å². The van der Waals surface area contributed by atoms with Crippen molar-refractivity contribution in [3.8, 4) is 0 Å². The van der Waals surface area contributed by atoms with Gasteiger partial charge in [-0.25, -0.2) is 0 Å². The van der Waals surface area contributed by atoms with Gasteiger partial charge in [-0.15, -0.1) is 0 Å². The Kier molecular flexibility index (Phi) is 2.80. The zero-order valence-electron chi connectivity index (χ0n) is 5.92. The van der Waals surface area contributed by atoms with Crippen molar-refractivity contribution in [1.82, 2.24) is 0 Å². The summed E-state index contributed by atoms with van der Waals surface area (Å²) in [6.45, 7) is -0.475. The predicted octanol–water partition coefficient (Wildman–Crippen LogP) is -2.54. The molecule has 4 N–H and O–H groups in total. The highest BCUT2D eigenvalue weighted by Gasteiger charge is 2.38. The SMILES string of the molecule is OC[C@@H](O)C1OC[C@H](O)[C@@H]1O. The van der Waals surface area contributed by atoms with Crippen LogP contribution in [0.15, 0.2) is 0 Å². The van der Waals surface area contributed by atoms with E-state index >= 15 is 0 Å². The molecular weight excluding hydrogens is 152 g/mol. The molecule has 0 amide bonds. The van der Waals surface area contributed by atoms with E-state index in [0.29, 0.717) is 0 Å². The zero-order chi connectivity index (χ0) is 8.43. The fourth-order valence-corrected chi connectivity index (χ4v) is 1.07. The second-order valence-electron chi connectivity index (χ2n) is 2.61. The largest absolute Gasteiger partial charge is 0.394 e. The minimum Gasteiger partial charge on any atom is -0.394 e. The van der Waals surface area contributed by atoms with Crippen molar-refractivity contribution in [1.29, 1.82) is 0 Å². The normalized spacial score (nSPS) is 40.9. The number of hydrogen-bond acceptors (Lipinski definition) is 5. The quantitative estimate of drug-likeness (QED) is 0.361. The first-order valence-corrected chi connectivity index (χ1v) is 3.43. The molecular formula is C6H12O5. The van der Waals surface area contributed by atoms with Crippen molar-refractivity contribution in [2.24, 2.45) is 0 Å². The molecule has 5 nitrogen and oxygen atoms in total. The minimum absolute atomic E-state index is 0.00287. The van der Waals surface area contributed by atoms with Crippen molar-refractivity contribution < 1.29 is 25.2 Å². The molecule has 1 aliphatic rings. The molecule has 4 atom stereocenters. The fourth-order valence-electron chi connectivity index (χ4n) is 1.07. The topological polar surface area (TPSA) is 90.2 Å². The Hall–Kier alpha value is -0.200. The van der Waals surface area contributed by atoms with Gasteiger partial charge in [0, 0.05) is 0 Å². The molecule has 0 saturated carbocycles. The molecule has 1 aliphatic heterocycles. The first-order valence-electron chi connectivity index (χ1n) is 3.43. The van der Waals surface area contributed by atoms with Gasteiger partial charge in [-0.2, -0.15) is 0 Å². The molecule has 0 aromatic heterocycles. The number of ether oxygens (including phenoxy) is 1. The van der Waals surface area contributed by atoms with E-state index in [1.54, 1.807) is 0 Å². The minimum atomic E-state index is -1.12. The molecule has 1 rings (SSSR count). The molecule has 66 valence electrons. The lowest BCUT2D eigenvalue weighted by molar-refractivity contribution is -0.0684. The van der Waals surface area contributed by atoms with Crippen LogP contribution >= 0.6 is 0 Å². The van der Waals surface area contributed by atoms with E-state index in [1.165, 1.54) is 0 Å². The van der Waals surface area contributed by atoms with Crippen molar-refractivity contribution in [2.45, 2.75) is 24.4 Å². The monoisotopic (exact) mass is 164 g/mol. The Labute approximate surface area is 63.8 Å². The highest BCUT2D eigenvalue weighted by molar-refractivity contribution is 4.87. The molecule has 0 aliphatic carbocycles. The van der Waals surface area contributed by atoms with Crippen molar-refractivity contribution in [3.63, 3.8) is 0 Å². The summed E-state index contributed by atoms with van der Waals surface area (Å²) in [5.41, 5.74) is 0. The molecule has 11 heavy (non-hydrogen) atoms. The van der Waals surface area contributed by atoms with Crippen LogP contribution in [-0.4, -0.2) is 58.1 Å². The van der Waals surface area contributed by atoms with Crippen molar-refractivity contribution in [2.75, 3.05) is 13.2 Å². The molecule has 0 bridgehead atoms. The summed E-state index contributed by atoms with van der Waals surface area (Å²) in [5.74, 6) is 0. The van der Waals surface area contributed by atoms with Crippen molar-refractivity contribution >= 4 is 0 Å². The summed E-state index contributed by atoms with van der Waals surface area (Å²) in [6.07, 6.45) is -4.05. The summed E-state index contributed by atoms with van der Waals surface area (Å²) in [6, 6.07) is 0. The van der Waals surface area contributed by atoms with Crippen LogP contribution < -0.4 is 0 Å². The second-order valence-corrected chi connectivity index (χ2v) is 2.61. The third-order valence-corrected chi connectivity index (χ3v) is 1.76. The third-order valence-electron chi connectivity index (χ3n) is 1.76. The van der Waals surface area contributed by atoms with Crippen LogP contribution in [0.1, 0.15) is 0 Å². The summed E-state index contributed by atoms with van der Waals surface area (Å²) in [4.78, 5) is 0. The Morgan fingerprint density at radius 1 is 1.45 bits per heavy atom. The van der Waals surface area contributed by atoms with E-state index in [4.69, 9.17) is 25.2 Å². The molecule has 1 unspecified atom stereocenters. The van der Waals surface area contributed by atoms with Crippen LogP contribution in [0.25, 0.3) is 0 Å². The number of hydrogen-bond donors (Lipinski definition) is 4. The van der Waals surface area contributed by atoms with Crippen LogP contribution in [0.3, 0.4) is 0 Å². The maximum absolute atomic E-state index is 9.11. The molecule has 1 heterocycles. The van der Waals surface area contributed by atoms with E-state index in [-0.39, 0.29) is 6.61 Å². The first-order chi connectivity index (χ1) is 5.16. The first kappa shape index (κ1) is 8.89. The van der Waals surface area contributed by atoms with Gasteiger partial charge in [0.05, 0.1) is 13.2 Å². The molecule has 0 aromatic carbocycles. The standard InChI is InChI=1S/C6H12O5/c7-1-3(8)6-5(10)4(9)2-11-6/h3-10H,1-2H2/t3-,4+,5+,6?/m1/s1. The highest BCUT2D eigenvalue weighted by atomic mass is 16.5. The maximum atomic E-state index is 9.11. The molecule has 0 aromatic rings. The summed E-state index contributed by atoms with van der Waals surface area (Å²) < 4.78 is 4.82. The van der Waals surface area contributed by atoms with Crippen molar-refractivity contribution in [3.05, 3.63) is 0 Å². The van der Waals surface area contributed by atoms with Crippen LogP contribution in [0.5, 0.6) is 0 Å². The van der Waals surface area contributed by atoms with E-state index in [1.807, 2.05) is 0 Å². The Morgan fingerprint density at radius 3 is 2.45 bits per heavy atom. The highest BCUT2D eigenvalue weighted by Crippen LogP contribution is 2.16. The average Bonchev–Trinajstić information content (AvgIpc) is 2.32. The van der Waals surface area contributed by atoms with Crippen LogP contribution in [0.2, 0.25) is 0 Å². The average molecular weight is 164 g/mol. The molecule has 5 heteroatoms. The van der Waals surface area contributed by atoms with E-state index in [2.05, 4.69) is 0 Å². The Balaban J connectivity index is 2.47. The molecule has 1 saturated heterocycles. The number of aliphatic hydroxyl groups excluding tert-OH is 4. The van der Waals surface area contributed by atoms with Gasteiger partial charge in [0.2, 0.25) is 0 Å². The van der Waals surface area contributed by atoms with E-state index < -0.39 is 31.0 Å². The van der Waals surface area contributed by atoms with Gasteiger partial charge < -0.3 is 25.2 Å². The molecule has 0 radical (unpaired) electrons. The lowest BCUT2D eigenvalue weighted by Gasteiger charge is -2.18.